The first-order chi connectivity index (χ1) is 19.3. The van der Waals surface area contributed by atoms with Gasteiger partial charge in [-0.3, -0.25) is 0 Å². The van der Waals surface area contributed by atoms with E-state index in [1.807, 2.05) is 11.8 Å². The van der Waals surface area contributed by atoms with Gasteiger partial charge in [0.2, 0.25) is 0 Å². The van der Waals surface area contributed by atoms with Gasteiger partial charge >= 0.3 is 0 Å². The Morgan fingerprint density at radius 3 is 1.64 bits per heavy atom. The molecule has 8 rings (SSSR count). The molecule has 1 heterocycles. The van der Waals surface area contributed by atoms with Gasteiger partial charge in [-0.15, -0.1) is 0 Å². The molecule has 1 heteroatoms. The van der Waals surface area contributed by atoms with E-state index < -0.39 is 0 Å². The fourth-order valence-electron chi connectivity index (χ4n) is 5.99. The highest BCUT2D eigenvalue weighted by Crippen LogP contribution is 2.49. The molecule has 0 bridgehead atoms. The summed E-state index contributed by atoms with van der Waals surface area (Å²) < 4.78 is 0. The lowest BCUT2D eigenvalue weighted by Gasteiger charge is -2.21. The third kappa shape index (κ3) is 3.70. The fourth-order valence-corrected chi connectivity index (χ4v) is 7.12. The minimum Gasteiger partial charge on any atom is -0.0888 e. The summed E-state index contributed by atoms with van der Waals surface area (Å²) in [4.78, 5) is 2.67. The molecule has 7 aromatic carbocycles. The summed E-state index contributed by atoms with van der Waals surface area (Å²) in [5, 5.41) is 5.25. The van der Waals surface area contributed by atoms with Crippen LogP contribution in [0.4, 0.5) is 0 Å². The molecule has 0 aromatic heterocycles. The van der Waals surface area contributed by atoms with Crippen molar-refractivity contribution < 1.29 is 0 Å². The Morgan fingerprint density at radius 1 is 0.308 bits per heavy atom. The number of hydrogen-bond donors (Lipinski definition) is 0. The lowest BCUT2D eigenvalue weighted by atomic mass is 9.91. The van der Waals surface area contributed by atoms with E-state index in [1.54, 1.807) is 0 Å². The second-order valence-electron chi connectivity index (χ2n) is 10.1. The van der Waals surface area contributed by atoms with Gasteiger partial charge in [-0.05, 0) is 72.8 Å². The van der Waals surface area contributed by atoms with Crippen LogP contribution in [0.1, 0.15) is 0 Å². The summed E-state index contributed by atoms with van der Waals surface area (Å²) in [6.45, 7) is 0. The monoisotopic (exact) mass is 512 g/mol. The zero-order valence-electron chi connectivity index (χ0n) is 21.3. The van der Waals surface area contributed by atoms with Crippen molar-refractivity contribution in [2.45, 2.75) is 9.79 Å². The van der Waals surface area contributed by atoms with Gasteiger partial charge < -0.3 is 0 Å². The quantitative estimate of drug-likeness (QED) is 0.227. The van der Waals surface area contributed by atoms with Crippen LogP contribution in [-0.4, -0.2) is 0 Å². The van der Waals surface area contributed by atoms with Gasteiger partial charge in [0, 0.05) is 15.2 Å². The minimum absolute atomic E-state index is 1.23. The largest absolute Gasteiger partial charge is 0.0888 e. The van der Waals surface area contributed by atoms with Crippen LogP contribution in [0.3, 0.4) is 0 Å². The van der Waals surface area contributed by atoms with Crippen molar-refractivity contribution in [1.29, 1.82) is 0 Å². The maximum atomic E-state index is 2.29. The summed E-state index contributed by atoms with van der Waals surface area (Å²) in [7, 11) is 0. The number of rotatable bonds is 3. The van der Waals surface area contributed by atoms with Crippen LogP contribution in [0.5, 0.6) is 0 Å². The van der Waals surface area contributed by atoms with Crippen LogP contribution < -0.4 is 0 Å². The summed E-state index contributed by atoms with van der Waals surface area (Å²) in [6.07, 6.45) is 0. The van der Waals surface area contributed by atoms with Gasteiger partial charge in [0.1, 0.15) is 0 Å². The number of benzene rings is 7. The van der Waals surface area contributed by atoms with Crippen molar-refractivity contribution in [2.75, 3.05) is 0 Å². The van der Waals surface area contributed by atoms with E-state index in [1.165, 1.54) is 75.8 Å². The van der Waals surface area contributed by atoms with E-state index in [4.69, 9.17) is 0 Å². The summed E-state index contributed by atoms with van der Waals surface area (Å²) in [6, 6.07) is 53.2. The molecular formula is C38H24S. The molecule has 1 aliphatic heterocycles. The van der Waals surface area contributed by atoms with Crippen LogP contribution in [0.15, 0.2) is 155 Å². The smallest absolute Gasteiger partial charge is 0.0207 e. The molecule has 0 nitrogen and oxygen atoms in total. The first-order valence-electron chi connectivity index (χ1n) is 13.4. The number of hydrogen-bond acceptors (Lipinski definition) is 1. The maximum absolute atomic E-state index is 2.29. The van der Waals surface area contributed by atoms with Gasteiger partial charge in [0.15, 0.2) is 0 Å². The Hall–Kier alpha value is -4.59. The lowest BCUT2D eigenvalue weighted by Crippen LogP contribution is -1.94. The molecule has 0 unspecified atom stereocenters. The van der Waals surface area contributed by atoms with Crippen molar-refractivity contribution in [3.05, 3.63) is 146 Å². The van der Waals surface area contributed by atoms with Gasteiger partial charge in [-0.1, -0.05) is 145 Å². The third-order valence-corrected chi connectivity index (χ3v) is 9.05. The molecule has 0 aliphatic carbocycles. The van der Waals surface area contributed by atoms with Crippen molar-refractivity contribution in [1.82, 2.24) is 0 Å². The van der Waals surface area contributed by atoms with E-state index in [0.717, 1.165) is 0 Å². The van der Waals surface area contributed by atoms with Crippen molar-refractivity contribution in [3.8, 4) is 44.5 Å². The van der Waals surface area contributed by atoms with Crippen LogP contribution in [0.25, 0.3) is 66.1 Å². The first-order valence-corrected chi connectivity index (χ1v) is 14.2. The van der Waals surface area contributed by atoms with Crippen molar-refractivity contribution in [3.63, 3.8) is 0 Å². The molecule has 0 amide bonds. The van der Waals surface area contributed by atoms with E-state index in [-0.39, 0.29) is 0 Å². The van der Waals surface area contributed by atoms with E-state index in [2.05, 4.69) is 146 Å². The zero-order valence-corrected chi connectivity index (χ0v) is 22.1. The van der Waals surface area contributed by atoms with Crippen molar-refractivity contribution >= 4 is 33.3 Å². The van der Waals surface area contributed by atoms with E-state index in [9.17, 15) is 0 Å². The SMILES string of the molecule is c1ccc2c(c1)Sc1ccc(-c3ccc(-c4ccc(-c5cccc6ccccc56)cc4)cc3)c3cccc-2c13. The minimum atomic E-state index is 1.23. The maximum Gasteiger partial charge on any atom is 0.0207 e. The average Bonchev–Trinajstić information content (AvgIpc) is 3.01. The Kier molecular flexibility index (Phi) is 5.17. The Balaban J connectivity index is 1.15. The second kappa shape index (κ2) is 9.01. The van der Waals surface area contributed by atoms with Crippen LogP contribution in [0, 0.1) is 0 Å². The zero-order chi connectivity index (χ0) is 25.8. The summed E-state index contributed by atoms with van der Waals surface area (Å²) in [5.74, 6) is 0. The predicted octanol–water partition coefficient (Wildman–Crippen LogP) is 11.1. The molecular weight excluding hydrogens is 488 g/mol. The molecule has 0 saturated heterocycles. The molecule has 0 spiro atoms. The molecule has 0 saturated carbocycles. The lowest BCUT2D eigenvalue weighted by molar-refractivity contribution is 1.40. The fraction of sp³-hybridized carbons (Fsp3) is 0. The molecule has 0 atom stereocenters. The molecule has 0 radical (unpaired) electrons. The van der Waals surface area contributed by atoms with Crippen LogP contribution >= 0.6 is 11.8 Å². The first kappa shape index (κ1) is 22.4. The molecule has 0 N–H and O–H groups in total. The highest BCUT2D eigenvalue weighted by molar-refractivity contribution is 7.99. The van der Waals surface area contributed by atoms with Crippen molar-refractivity contribution in [2.24, 2.45) is 0 Å². The van der Waals surface area contributed by atoms with Gasteiger partial charge in [0.25, 0.3) is 0 Å². The highest BCUT2D eigenvalue weighted by Gasteiger charge is 2.20. The second-order valence-corrected chi connectivity index (χ2v) is 11.2. The van der Waals surface area contributed by atoms with E-state index in [0.29, 0.717) is 0 Å². The molecule has 39 heavy (non-hydrogen) atoms. The summed E-state index contributed by atoms with van der Waals surface area (Å²) >= 11 is 1.88. The molecule has 0 fully saturated rings. The Labute approximate surface area is 232 Å². The number of fused-ring (bicyclic) bond motifs is 3. The topological polar surface area (TPSA) is 0 Å². The normalized spacial score (nSPS) is 12.0. The Bertz CT molecular complexity index is 2010. The standard InChI is InChI=1S/C38H24S/c1-2-9-30-27(7-1)8-5-11-31(30)28-19-15-25(16-20-28)26-17-21-29(22-18-26)32-23-24-37-38-34(32)12-6-13-35(38)33-10-3-4-14-36(33)39-37/h1-24H. The molecule has 7 aromatic rings. The average molecular weight is 513 g/mol. The van der Waals surface area contributed by atoms with Crippen LogP contribution in [-0.2, 0) is 0 Å². The molecule has 1 aliphatic rings. The summed E-state index contributed by atoms with van der Waals surface area (Å²) in [5.41, 5.74) is 10.2. The third-order valence-electron chi connectivity index (χ3n) is 7.91. The van der Waals surface area contributed by atoms with Gasteiger partial charge in [-0.25, -0.2) is 0 Å². The highest BCUT2D eigenvalue weighted by atomic mass is 32.2. The predicted molar refractivity (Wildman–Crippen MR) is 167 cm³/mol. The Morgan fingerprint density at radius 2 is 0.846 bits per heavy atom. The molecule has 182 valence electrons. The van der Waals surface area contributed by atoms with Crippen LogP contribution in [0.2, 0.25) is 0 Å². The van der Waals surface area contributed by atoms with E-state index >= 15 is 0 Å². The van der Waals surface area contributed by atoms with Gasteiger partial charge in [-0.2, -0.15) is 0 Å². The van der Waals surface area contributed by atoms with Gasteiger partial charge in [0.05, 0.1) is 0 Å².